The highest BCUT2D eigenvalue weighted by atomic mass is 16.5. The summed E-state index contributed by atoms with van der Waals surface area (Å²) in [5, 5.41) is 8.28. The van der Waals surface area contributed by atoms with Crippen molar-refractivity contribution in [2.24, 2.45) is 34.5 Å². The number of hydrogen-bond donors (Lipinski definition) is 0. The van der Waals surface area contributed by atoms with Crippen LogP contribution in [0.3, 0.4) is 0 Å². The zero-order chi connectivity index (χ0) is 23.2. The van der Waals surface area contributed by atoms with Gasteiger partial charge in [-0.2, -0.15) is 10.2 Å². The molecule has 1 aromatic rings. The first kappa shape index (κ1) is 23.4. The third kappa shape index (κ3) is 4.05. The van der Waals surface area contributed by atoms with Crippen molar-refractivity contribution < 1.29 is 4.74 Å². The van der Waals surface area contributed by atoms with E-state index >= 15 is 0 Å². The van der Waals surface area contributed by atoms with Crippen molar-refractivity contribution in [3.63, 3.8) is 0 Å². The number of nitrogens with zero attached hydrogens (tertiary/aromatic N) is 3. The number of aromatic nitrogens is 2. The standard InChI is InChI=1S/C30H47N3O/c1-29-13-10-24(34-19-5-18-33-16-3-4-17-33)20-23(29)6-7-25-27-9-8-26(22-12-15-31-32-21-22)30(27,2)14-11-28(25)29/h12,15,21,23-28H,3-11,13-14,16-20H2,1-2H3/t23-,24+,25+,26-,27-,28+,29+,30-/m1/s1. The average molecular weight is 466 g/mol. The van der Waals surface area contributed by atoms with E-state index in [1.165, 1.54) is 102 Å². The Bertz CT molecular complexity index is 826. The van der Waals surface area contributed by atoms with Crippen molar-refractivity contribution in [3.8, 4) is 0 Å². The van der Waals surface area contributed by atoms with Crippen LogP contribution in [0.2, 0.25) is 0 Å². The first-order valence-corrected chi connectivity index (χ1v) is 14.7. The molecule has 4 aliphatic carbocycles. The second-order valence-electron chi connectivity index (χ2n) is 13.2. The quantitative estimate of drug-likeness (QED) is 0.451. The number of fused-ring (bicyclic) bond motifs is 5. The number of hydrogen-bond acceptors (Lipinski definition) is 4. The van der Waals surface area contributed by atoms with E-state index in [4.69, 9.17) is 4.74 Å². The largest absolute Gasteiger partial charge is 0.378 e. The molecule has 4 saturated carbocycles. The van der Waals surface area contributed by atoms with Crippen molar-refractivity contribution in [1.29, 1.82) is 0 Å². The molecule has 0 unspecified atom stereocenters. The molecular formula is C30H47N3O. The lowest BCUT2D eigenvalue weighted by atomic mass is 9.44. The predicted molar refractivity (Wildman–Crippen MR) is 137 cm³/mol. The van der Waals surface area contributed by atoms with Gasteiger partial charge < -0.3 is 9.64 Å². The zero-order valence-electron chi connectivity index (χ0n) is 21.8. The molecular weight excluding hydrogens is 418 g/mol. The summed E-state index contributed by atoms with van der Waals surface area (Å²) >= 11 is 0. The third-order valence-electron chi connectivity index (χ3n) is 11.8. The molecule has 8 atom stereocenters. The van der Waals surface area contributed by atoms with Crippen molar-refractivity contribution in [1.82, 2.24) is 15.1 Å². The fraction of sp³-hybridized carbons (Fsp3) is 0.867. The van der Waals surface area contributed by atoms with Gasteiger partial charge in [0.1, 0.15) is 0 Å². The fourth-order valence-electron chi connectivity index (χ4n) is 9.97. The average Bonchev–Trinajstić information content (AvgIpc) is 3.50. The van der Waals surface area contributed by atoms with E-state index in [-0.39, 0.29) is 0 Å². The minimum Gasteiger partial charge on any atom is -0.378 e. The van der Waals surface area contributed by atoms with Crippen LogP contribution in [0.1, 0.15) is 102 Å². The lowest BCUT2D eigenvalue weighted by Crippen LogP contribution is -2.53. The van der Waals surface area contributed by atoms with Crippen molar-refractivity contribution >= 4 is 0 Å². The minimum atomic E-state index is 0.461. The maximum atomic E-state index is 6.48. The lowest BCUT2D eigenvalue weighted by Gasteiger charge is -2.61. The summed E-state index contributed by atoms with van der Waals surface area (Å²) in [7, 11) is 0. The van der Waals surface area contributed by atoms with Gasteiger partial charge >= 0.3 is 0 Å². The van der Waals surface area contributed by atoms with Gasteiger partial charge in [-0.1, -0.05) is 13.8 Å². The van der Waals surface area contributed by atoms with E-state index in [0.717, 1.165) is 30.3 Å². The van der Waals surface area contributed by atoms with E-state index in [1.54, 1.807) is 0 Å². The lowest BCUT2D eigenvalue weighted by molar-refractivity contribution is -0.131. The van der Waals surface area contributed by atoms with Crippen LogP contribution in [0, 0.1) is 34.5 Å². The molecule has 5 aliphatic rings. The third-order valence-corrected chi connectivity index (χ3v) is 11.8. The summed E-state index contributed by atoms with van der Waals surface area (Å²) < 4.78 is 6.48. The van der Waals surface area contributed by atoms with Crippen LogP contribution in [0.4, 0.5) is 0 Å². The Labute approximate surface area is 207 Å². The maximum absolute atomic E-state index is 6.48. The summed E-state index contributed by atoms with van der Waals surface area (Å²) in [4.78, 5) is 2.62. The predicted octanol–water partition coefficient (Wildman–Crippen LogP) is 6.47. The SMILES string of the molecule is C[C@]12CC[C@H](OCCCN3CCCC3)C[C@H]1CC[C@H]1[C@H]3CC[C@H](c4ccnnc4)[C@@]3(C)CC[C@@H]12. The van der Waals surface area contributed by atoms with Crippen molar-refractivity contribution in [2.45, 2.75) is 103 Å². The Morgan fingerprint density at radius 3 is 2.59 bits per heavy atom. The monoisotopic (exact) mass is 465 g/mol. The van der Waals surface area contributed by atoms with Crippen LogP contribution < -0.4 is 0 Å². The van der Waals surface area contributed by atoms with Crippen molar-refractivity contribution in [2.75, 3.05) is 26.2 Å². The van der Waals surface area contributed by atoms with Crippen LogP contribution in [0.15, 0.2) is 18.5 Å². The fourth-order valence-corrected chi connectivity index (χ4v) is 9.97. The van der Waals surface area contributed by atoms with Crippen LogP contribution in [0.25, 0.3) is 0 Å². The topological polar surface area (TPSA) is 38.2 Å². The summed E-state index contributed by atoms with van der Waals surface area (Å²) in [6.45, 7) is 10.2. The molecule has 1 aliphatic heterocycles. The van der Waals surface area contributed by atoms with Gasteiger partial charge in [-0.05, 0) is 142 Å². The molecule has 0 radical (unpaired) electrons. The first-order valence-electron chi connectivity index (χ1n) is 14.7. The summed E-state index contributed by atoms with van der Waals surface area (Å²) in [6, 6.07) is 2.24. The first-order chi connectivity index (χ1) is 16.6. The second-order valence-corrected chi connectivity index (χ2v) is 13.2. The molecule has 5 fully saturated rings. The van der Waals surface area contributed by atoms with Gasteiger partial charge in [0, 0.05) is 19.3 Å². The van der Waals surface area contributed by atoms with Crippen LogP contribution in [-0.4, -0.2) is 47.4 Å². The molecule has 0 bridgehead atoms. The molecule has 4 heteroatoms. The number of ether oxygens (including phenoxy) is 1. The Hall–Kier alpha value is -1.00. The molecule has 34 heavy (non-hydrogen) atoms. The summed E-state index contributed by atoms with van der Waals surface area (Å²) in [6.07, 6.45) is 21.1. The van der Waals surface area contributed by atoms with Gasteiger partial charge in [0.15, 0.2) is 0 Å². The highest BCUT2D eigenvalue weighted by molar-refractivity contribution is 5.22. The molecule has 4 nitrogen and oxygen atoms in total. The van der Waals surface area contributed by atoms with Gasteiger partial charge in [-0.15, -0.1) is 0 Å². The Balaban J connectivity index is 1.07. The Morgan fingerprint density at radius 1 is 0.941 bits per heavy atom. The van der Waals surface area contributed by atoms with E-state index in [2.05, 4.69) is 41.2 Å². The van der Waals surface area contributed by atoms with E-state index in [0.29, 0.717) is 22.9 Å². The van der Waals surface area contributed by atoms with Crippen molar-refractivity contribution in [3.05, 3.63) is 24.0 Å². The van der Waals surface area contributed by atoms with Gasteiger partial charge in [-0.3, -0.25) is 0 Å². The highest BCUT2D eigenvalue weighted by Crippen LogP contribution is 2.69. The van der Waals surface area contributed by atoms with Gasteiger partial charge in [0.05, 0.1) is 12.3 Å². The van der Waals surface area contributed by atoms with E-state index < -0.39 is 0 Å². The Morgan fingerprint density at radius 2 is 1.76 bits per heavy atom. The highest BCUT2D eigenvalue weighted by Gasteiger charge is 2.60. The molecule has 0 amide bonds. The van der Waals surface area contributed by atoms with Crippen LogP contribution >= 0.6 is 0 Å². The molecule has 2 heterocycles. The van der Waals surface area contributed by atoms with Crippen LogP contribution in [-0.2, 0) is 4.74 Å². The second kappa shape index (κ2) is 9.47. The number of rotatable bonds is 6. The van der Waals surface area contributed by atoms with Gasteiger partial charge in [0.2, 0.25) is 0 Å². The van der Waals surface area contributed by atoms with E-state index in [9.17, 15) is 0 Å². The molecule has 6 rings (SSSR count). The summed E-state index contributed by atoms with van der Waals surface area (Å²) in [5.41, 5.74) is 2.46. The zero-order valence-corrected chi connectivity index (χ0v) is 21.8. The molecule has 188 valence electrons. The van der Waals surface area contributed by atoms with Gasteiger partial charge in [0.25, 0.3) is 0 Å². The smallest absolute Gasteiger partial charge is 0.0578 e. The summed E-state index contributed by atoms with van der Waals surface area (Å²) in [5.74, 6) is 4.36. The molecule has 0 N–H and O–H groups in total. The molecule has 0 aromatic carbocycles. The van der Waals surface area contributed by atoms with E-state index in [1.807, 2.05) is 6.20 Å². The number of likely N-dealkylation sites (tertiary alicyclic amines) is 1. The Kier molecular flexibility index (Phi) is 6.51. The molecule has 1 aromatic heterocycles. The minimum absolute atomic E-state index is 0.461. The van der Waals surface area contributed by atoms with Gasteiger partial charge in [-0.25, -0.2) is 0 Å². The maximum Gasteiger partial charge on any atom is 0.0578 e. The molecule has 0 spiro atoms. The molecule has 1 saturated heterocycles. The normalized spacial score (nSPS) is 44.4. The van der Waals surface area contributed by atoms with Crippen LogP contribution in [0.5, 0.6) is 0 Å².